The Morgan fingerprint density at radius 2 is 1.58 bits per heavy atom. The van der Waals surface area contributed by atoms with Gasteiger partial charge in [-0.15, -0.1) is 0 Å². The molecule has 0 radical (unpaired) electrons. The first-order valence-corrected chi connectivity index (χ1v) is 6.62. The first-order chi connectivity index (χ1) is 9.10. The Hall–Kier alpha value is -1.77. The van der Waals surface area contributed by atoms with Gasteiger partial charge in [-0.2, -0.15) is 0 Å². The third-order valence-corrected chi connectivity index (χ3v) is 3.76. The van der Waals surface area contributed by atoms with Gasteiger partial charge in [0.15, 0.2) is 0 Å². The van der Waals surface area contributed by atoms with Crippen molar-refractivity contribution in [2.24, 2.45) is 11.8 Å². The molecule has 1 aliphatic carbocycles. The normalized spacial score (nSPS) is 25.1. The highest BCUT2D eigenvalue weighted by atomic mass is 16.1. The second-order valence-corrected chi connectivity index (χ2v) is 5.54. The molecule has 0 spiro atoms. The molecule has 100 valence electrons. The van der Waals surface area contributed by atoms with E-state index in [0.717, 1.165) is 23.7 Å². The van der Waals surface area contributed by atoms with Crippen molar-refractivity contribution in [1.82, 2.24) is 0 Å². The van der Waals surface area contributed by atoms with E-state index in [1.165, 1.54) is 0 Å². The minimum atomic E-state index is -0.519. The molecule has 1 aromatic carbocycles. The van der Waals surface area contributed by atoms with Gasteiger partial charge >= 0.3 is 0 Å². The molecule has 0 saturated heterocycles. The van der Waals surface area contributed by atoms with Crippen molar-refractivity contribution in [3.63, 3.8) is 0 Å². The average molecular weight is 258 g/mol. The summed E-state index contributed by atoms with van der Waals surface area (Å²) >= 11 is 0. The second-order valence-electron chi connectivity index (χ2n) is 5.54. The molecule has 3 nitrogen and oxygen atoms in total. The second kappa shape index (κ2) is 5.47. The van der Waals surface area contributed by atoms with Crippen LogP contribution in [0.1, 0.15) is 43.2 Å². The lowest BCUT2D eigenvalue weighted by Crippen LogP contribution is -2.25. The Bertz CT molecular complexity index is 469. The van der Waals surface area contributed by atoms with Gasteiger partial charge < -0.3 is 9.59 Å². The van der Waals surface area contributed by atoms with Crippen LogP contribution in [0.3, 0.4) is 0 Å². The summed E-state index contributed by atoms with van der Waals surface area (Å²) in [6.45, 7) is 3.93. The predicted octanol–water partition coefficient (Wildman–Crippen LogP) is 2.50. The van der Waals surface area contributed by atoms with Crippen LogP contribution < -0.4 is 0 Å². The summed E-state index contributed by atoms with van der Waals surface area (Å²) in [5, 5.41) is 0. The van der Waals surface area contributed by atoms with Crippen molar-refractivity contribution < 1.29 is 14.4 Å². The SMILES string of the molecule is CC(C)CC(=O)C1C(C=O)c2ccccc2C1C=O. The van der Waals surface area contributed by atoms with E-state index in [9.17, 15) is 14.4 Å². The van der Waals surface area contributed by atoms with Crippen LogP contribution in [-0.4, -0.2) is 18.4 Å². The van der Waals surface area contributed by atoms with Gasteiger partial charge in [0.05, 0.1) is 11.8 Å². The molecule has 0 heterocycles. The van der Waals surface area contributed by atoms with Crippen LogP contribution in [0.15, 0.2) is 24.3 Å². The maximum atomic E-state index is 12.3. The number of carbonyl (C=O) groups is 3. The summed E-state index contributed by atoms with van der Waals surface area (Å²) < 4.78 is 0. The fraction of sp³-hybridized carbons (Fsp3) is 0.438. The maximum absolute atomic E-state index is 12.3. The van der Waals surface area contributed by atoms with Gasteiger partial charge in [0.25, 0.3) is 0 Å². The minimum absolute atomic E-state index is 0.0143. The molecule has 2 rings (SSSR count). The first kappa shape index (κ1) is 13.7. The molecule has 2 atom stereocenters. The highest BCUT2D eigenvalue weighted by Crippen LogP contribution is 2.45. The largest absolute Gasteiger partial charge is 0.303 e. The summed E-state index contributed by atoms with van der Waals surface area (Å²) in [4.78, 5) is 35.1. The van der Waals surface area contributed by atoms with E-state index < -0.39 is 17.8 Å². The van der Waals surface area contributed by atoms with Gasteiger partial charge in [-0.1, -0.05) is 38.1 Å². The van der Waals surface area contributed by atoms with Crippen molar-refractivity contribution in [2.45, 2.75) is 32.1 Å². The van der Waals surface area contributed by atoms with E-state index in [1.807, 2.05) is 38.1 Å². The highest BCUT2D eigenvalue weighted by Gasteiger charge is 2.44. The number of rotatable bonds is 5. The number of fused-ring (bicyclic) bond motifs is 1. The van der Waals surface area contributed by atoms with Crippen molar-refractivity contribution in [2.75, 3.05) is 0 Å². The Balaban J connectivity index is 2.41. The van der Waals surface area contributed by atoms with Crippen LogP contribution in [0.4, 0.5) is 0 Å². The molecular weight excluding hydrogens is 240 g/mol. The number of carbonyl (C=O) groups excluding carboxylic acids is 3. The fourth-order valence-corrected chi connectivity index (χ4v) is 2.98. The lowest BCUT2D eigenvalue weighted by Gasteiger charge is -2.18. The molecule has 1 aromatic rings. The van der Waals surface area contributed by atoms with Crippen LogP contribution in [0.5, 0.6) is 0 Å². The van der Waals surface area contributed by atoms with Gasteiger partial charge in [0, 0.05) is 12.3 Å². The number of Topliss-reactive ketones (excluding diaryl/α,β-unsaturated/α-hetero) is 1. The van der Waals surface area contributed by atoms with E-state index in [1.54, 1.807) is 0 Å². The van der Waals surface area contributed by atoms with Crippen LogP contribution in [0.25, 0.3) is 0 Å². The summed E-state index contributed by atoms with van der Waals surface area (Å²) in [5.41, 5.74) is 1.66. The van der Waals surface area contributed by atoms with Crippen LogP contribution in [0.2, 0.25) is 0 Å². The zero-order valence-electron chi connectivity index (χ0n) is 11.2. The summed E-state index contributed by atoms with van der Waals surface area (Å²) in [6, 6.07) is 7.36. The summed E-state index contributed by atoms with van der Waals surface area (Å²) in [5.74, 6) is -1.22. The monoisotopic (exact) mass is 258 g/mol. The minimum Gasteiger partial charge on any atom is -0.303 e. The van der Waals surface area contributed by atoms with E-state index in [0.29, 0.717) is 6.42 Å². The molecule has 1 aliphatic rings. The smallest absolute Gasteiger partial charge is 0.138 e. The van der Waals surface area contributed by atoms with Crippen molar-refractivity contribution >= 4 is 18.4 Å². The fourth-order valence-electron chi connectivity index (χ4n) is 2.98. The summed E-state index contributed by atoms with van der Waals surface area (Å²) in [7, 11) is 0. The first-order valence-electron chi connectivity index (χ1n) is 6.62. The topological polar surface area (TPSA) is 51.2 Å². The molecule has 0 fully saturated rings. The average Bonchev–Trinajstić information content (AvgIpc) is 2.71. The van der Waals surface area contributed by atoms with E-state index in [4.69, 9.17) is 0 Å². The molecule has 0 amide bonds. The molecule has 3 heteroatoms. The standard InChI is InChI=1S/C16H18O3/c1-10(2)7-15(19)16-13(8-17)11-5-3-4-6-12(11)14(16)9-18/h3-6,8-10,13-14,16H,7H2,1-2H3. The van der Waals surface area contributed by atoms with Crippen LogP contribution in [0, 0.1) is 11.8 Å². The van der Waals surface area contributed by atoms with Gasteiger partial charge in [0.1, 0.15) is 18.4 Å². The van der Waals surface area contributed by atoms with Crippen LogP contribution >= 0.6 is 0 Å². The Morgan fingerprint density at radius 3 is 1.95 bits per heavy atom. The Morgan fingerprint density at radius 1 is 1.11 bits per heavy atom. The van der Waals surface area contributed by atoms with Crippen molar-refractivity contribution in [3.05, 3.63) is 35.4 Å². The van der Waals surface area contributed by atoms with E-state index in [-0.39, 0.29) is 11.7 Å². The molecule has 0 saturated carbocycles. The Labute approximate surface area is 113 Å². The zero-order chi connectivity index (χ0) is 14.0. The van der Waals surface area contributed by atoms with Gasteiger partial charge in [-0.25, -0.2) is 0 Å². The molecular formula is C16H18O3. The molecule has 0 N–H and O–H groups in total. The maximum Gasteiger partial charge on any atom is 0.138 e. The number of aldehydes is 2. The molecule has 0 bridgehead atoms. The third-order valence-electron chi connectivity index (χ3n) is 3.76. The number of benzene rings is 1. The number of ketones is 1. The lowest BCUT2D eigenvalue weighted by atomic mass is 9.82. The lowest BCUT2D eigenvalue weighted by molar-refractivity contribution is -0.128. The number of hydrogen-bond acceptors (Lipinski definition) is 3. The van der Waals surface area contributed by atoms with E-state index >= 15 is 0 Å². The molecule has 2 unspecified atom stereocenters. The quantitative estimate of drug-likeness (QED) is 0.762. The number of hydrogen-bond donors (Lipinski definition) is 0. The van der Waals surface area contributed by atoms with Gasteiger partial charge in [-0.3, -0.25) is 4.79 Å². The third kappa shape index (κ3) is 2.37. The molecule has 19 heavy (non-hydrogen) atoms. The van der Waals surface area contributed by atoms with Crippen LogP contribution in [-0.2, 0) is 14.4 Å². The van der Waals surface area contributed by atoms with Crippen molar-refractivity contribution in [3.8, 4) is 0 Å². The van der Waals surface area contributed by atoms with Crippen molar-refractivity contribution in [1.29, 1.82) is 0 Å². The van der Waals surface area contributed by atoms with E-state index in [2.05, 4.69) is 0 Å². The van der Waals surface area contributed by atoms with Gasteiger partial charge in [0.2, 0.25) is 0 Å². The zero-order valence-corrected chi connectivity index (χ0v) is 11.2. The highest BCUT2D eigenvalue weighted by molar-refractivity contribution is 5.92. The molecule has 0 aliphatic heterocycles. The predicted molar refractivity (Wildman–Crippen MR) is 72.0 cm³/mol. The molecule has 0 aromatic heterocycles. The van der Waals surface area contributed by atoms with Gasteiger partial charge in [-0.05, 0) is 17.0 Å². The summed E-state index contributed by atoms with van der Waals surface area (Å²) in [6.07, 6.45) is 2.03. The Kier molecular flexibility index (Phi) is 3.93.